The number of aliphatic imine (C=N–C) groups is 1. The smallest absolute Gasteiger partial charge is 0.163 e. The first-order valence-corrected chi connectivity index (χ1v) is 10.2. The molecule has 0 saturated heterocycles. The van der Waals surface area contributed by atoms with Gasteiger partial charge in [0, 0.05) is 12.1 Å². The Kier molecular flexibility index (Phi) is 5.42. The van der Waals surface area contributed by atoms with Crippen LogP contribution in [0.1, 0.15) is 39.0 Å². The zero-order valence-corrected chi connectivity index (χ0v) is 16.6. The standard InChI is InChI=1S/C23H29N3O2/c1-3-4-6-9-17(2)16-24-22-23(10-7-5-8-11-23)26-19-15-21-20(14-18(19)25-22)27-12-13-28-21/h3-4,6,9,14-15,26H,1,5,7-8,10-13,16H2,2H3,(H,24,25). The van der Waals surface area contributed by atoms with E-state index in [1.807, 2.05) is 18.2 Å². The largest absolute Gasteiger partial charge is 0.486 e. The highest BCUT2D eigenvalue weighted by molar-refractivity contribution is 6.10. The van der Waals surface area contributed by atoms with Gasteiger partial charge in [-0.3, -0.25) is 4.99 Å². The number of allylic oxidation sites excluding steroid dienone is 4. The Bertz CT molecular complexity index is 832. The molecular weight excluding hydrogens is 350 g/mol. The average Bonchev–Trinajstić information content (AvgIpc) is 2.72. The number of amidine groups is 1. The number of ether oxygens (including phenoxy) is 2. The molecule has 1 fully saturated rings. The number of hydrogen-bond acceptors (Lipinski definition) is 4. The molecule has 5 heteroatoms. The molecule has 0 bridgehead atoms. The molecule has 0 unspecified atom stereocenters. The second kappa shape index (κ2) is 8.13. The van der Waals surface area contributed by atoms with Gasteiger partial charge in [-0.2, -0.15) is 0 Å². The lowest BCUT2D eigenvalue weighted by Gasteiger charge is -2.44. The van der Waals surface area contributed by atoms with Crippen molar-refractivity contribution < 1.29 is 9.47 Å². The number of hydrogen-bond donors (Lipinski definition) is 2. The molecule has 1 aromatic rings. The fourth-order valence-electron chi connectivity index (χ4n) is 4.12. The number of benzene rings is 1. The van der Waals surface area contributed by atoms with Crippen molar-refractivity contribution in [3.63, 3.8) is 0 Å². The topological polar surface area (TPSA) is 54.9 Å². The van der Waals surface area contributed by atoms with Crippen molar-refractivity contribution in [1.29, 1.82) is 0 Å². The number of nitrogens with one attached hydrogen (secondary N) is 2. The number of nitrogens with zero attached hydrogens (tertiary/aromatic N) is 1. The molecule has 0 amide bonds. The van der Waals surface area contributed by atoms with Gasteiger partial charge in [0.2, 0.25) is 0 Å². The summed E-state index contributed by atoms with van der Waals surface area (Å²) in [5.41, 5.74) is 3.18. The lowest BCUT2D eigenvalue weighted by Crippen LogP contribution is -2.53. The second-order valence-electron chi connectivity index (χ2n) is 7.73. The fraction of sp³-hybridized carbons (Fsp3) is 0.435. The van der Waals surface area contributed by atoms with E-state index in [1.165, 1.54) is 24.8 Å². The molecule has 148 valence electrons. The van der Waals surface area contributed by atoms with E-state index in [9.17, 15) is 0 Å². The van der Waals surface area contributed by atoms with Crippen LogP contribution in [0.5, 0.6) is 11.5 Å². The Morgan fingerprint density at radius 3 is 2.54 bits per heavy atom. The maximum Gasteiger partial charge on any atom is 0.163 e. The third-order valence-electron chi connectivity index (χ3n) is 5.58. The van der Waals surface area contributed by atoms with Crippen LogP contribution in [-0.4, -0.2) is 31.1 Å². The van der Waals surface area contributed by atoms with E-state index in [-0.39, 0.29) is 5.54 Å². The van der Waals surface area contributed by atoms with Crippen LogP contribution in [0.25, 0.3) is 0 Å². The highest BCUT2D eigenvalue weighted by Gasteiger charge is 2.41. The molecular formula is C23H29N3O2. The van der Waals surface area contributed by atoms with E-state index < -0.39 is 0 Å². The molecule has 28 heavy (non-hydrogen) atoms. The summed E-state index contributed by atoms with van der Waals surface area (Å²) in [5, 5.41) is 7.43. The normalized spacial score (nSPS) is 21.9. The van der Waals surface area contributed by atoms with Gasteiger partial charge in [-0.25, -0.2) is 0 Å². The van der Waals surface area contributed by atoms with E-state index in [0.717, 1.165) is 41.6 Å². The zero-order valence-electron chi connectivity index (χ0n) is 16.6. The Hall–Kier alpha value is -2.69. The summed E-state index contributed by atoms with van der Waals surface area (Å²) < 4.78 is 11.5. The van der Waals surface area contributed by atoms with Crippen LogP contribution in [0.15, 0.2) is 53.6 Å². The summed E-state index contributed by atoms with van der Waals surface area (Å²) in [4.78, 5) is 4.99. The summed E-state index contributed by atoms with van der Waals surface area (Å²) in [6, 6.07) is 4.09. The second-order valence-corrected chi connectivity index (χ2v) is 7.73. The Balaban J connectivity index is 1.64. The van der Waals surface area contributed by atoms with Crippen LogP contribution in [0, 0.1) is 0 Å². The van der Waals surface area contributed by atoms with Crippen LogP contribution >= 0.6 is 0 Å². The maximum atomic E-state index is 5.77. The quantitative estimate of drug-likeness (QED) is 0.716. The highest BCUT2D eigenvalue weighted by Crippen LogP contribution is 2.44. The van der Waals surface area contributed by atoms with Crippen molar-refractivity contribution in [3.8, 4) is 11.5 Å². The van der Waals surface area contributed by atoms with Crippen molar-refractivity contribution >= 4 is 17.2 Å². The van der Waals surface area contributed by atoms with E-state index in [1.54, 1.807) is 6.08 Å². The first-order chi connectivity index (χ1) is 13.7. The Morgan fingerprint density at radius 2 is 1.82 bits per heavy atom. The molecule has 2 heterocycles. The zero-order chi connectivity index (χ0) is 19.4. The molecule has 0 aromatic heterocycles. The van der Waals surface area contributed by atoms with Crippen molar-refractivity contribution in [2.75, 3.05) is 30.4 Å². The molecule has 1 aliphatic carbocycles. The van der Waals surface area contributed by atoms with E-state index in [0.29, 0.717) is 19.8 Å². The van der Waals surface area contributed by atoms with Gasteiger partial charge in [0.15, 0.2) is 11.5 Å². The van der Waals surface area contributed by atoms with Crippen LogP contribution in [0.4, 0.5) is 11.4 Å². The molecule has 2 N–H and O–H groups in total. The summed E-state index contributed by atoms with van der Waals surface area (Å²) in [6.45, 7) is 7.68. The van der Waals surface area contributed by atoms with Crippen LogP contribution in [0.3, 0.4) is 0 Å². The molecule has 1 aromatic carbocycles. The molecule has 1 saturated carbocycles. The van der Waals surface area contributed by atoms with E-state index in [4.69, 9.17) is 14.5 Å². The summed E-state index contributed by atoms with van der Waals surface area (Å²) in [7, 11) is 0. The third-order valence-corrected chi connectivity index (χ3v) is 5.58. The Labute approximate surface area is 167 Å². The lowest BCUT2D eigenvalue weighted by atomic mass is 9.79. The minimum atomic E-state index is -0.119. The van der Waals surface area contributed by atoms with Gasteiger partial charge in [0.05, 0.1) is 23.5 Å². The molecule has 4 rings (SSSR count). The predicted molar refractivity (Wildman–Crippen MR) is 116 cm³/mol. The fourth-order valence-corrected chi connectivity index (χ4v) is 4.12. The predicted octanol–water partition coefficient (Wildman–Crippen LogP) is 5.09. The van der Waals surface area contributed by atoms with Gasteiger partial charge >= 0.3 is 0 Å². The first kappa shape index (κ1) is 18.7. The molecule has 0 atom stereocenters. The van der Waals surface area contributed by atoms with Crippen molar-refractivity contribution in [3.05, 3.63) is 48.6 Å². The van der Waals surface area contributed by atoms with E-state index >= 15 is 0 Å². The summed E-state index contributed by atoms with van der Waals surface area (Å²) >= 11 is 0. The van der Waals surface area contributed by atoms with Gasteiger partial charge in [-0.15, -0.1) is 0 Å². The van der Waals surface area contributed by atoms with Gasteiger partial charge in [0.25, 0.3) is 0 Å². The van der Waals surface area contributed by atoms with Crippen molar-refractivity contribution in [1.82, 2.24) is 0 Å². The van der Waals surface area contributed by atoms with Gasteiger partial charge in [-0.1, -0.05) is 55.7 Å². The van der Waals surface area contributed by atoms with E-state index in [2.05, 4.69) is 36.3 Å². The Morgan fingerprint density at radius 1 is 1.11 bits per heavy atom. The van der Waals surface area contributed by atoms with Crippen LogP contribution < -0.4 is 20.1 Å². The first-order valence-electron chi connectivity index (χ1n) is 10.2. The summed E-state index contributed by atoms with van der Waals surface area (Å²) in [5.74, 6) is 2.65. The van der Waals surface area contributed by atoms with Crippen LogP contribution in [0.2, 0.25) is 0 Å². The van der Waals surface area contributed by atoms with Crippen molar-refractivity contribution in [2.24, 2.45) is 4.99 Å². The molecule has 3 aliphatic rings. The minimum Gasteiger partial charge on any atom is -0.486 e. The molecule has 0 radical (unpaired) electrons. The number of fused-ring (bicyclic) bond motifs is 2. The molecule has 2 aliphatic heterocycles. The van der Waals surface area contributed by atoms with Gasteiger partial charge in [-0.05, 0) is 19.8 Å². The minimum absolute atomic E-state index is 0.119. The molecule has 1 spiro atoms. The number of rotatable bonds is 4. The highest BCUT2D eigenvalue weighted by atomic mass is 16.6. The van der Waals surface area contributed by atoms with Gasteiger partial charge < -0.3 is 20.1 Å². The average molecular weight is 380 g/mol. The maximum absolute atomic E-state index is 5.77. The van der Waals surface area contributed by atoms with Crippen LogP contribution in [-0.2, 0) is 0 Å². The lowest BCUT2D eigenvalue weighted by molar-refractivity contribution is 0.172. The third kappa shape index (κ3) is 3.79. The van der Waals surface area contributed by atoms with Crippen molar-refractivity contribution in [2.45, 2.75) is 44.6 Å². The van der Waals surface area contributed by atoms with Gasteiger partial charge in [0.1, 0.15) is 19.0 Å². The number of anilines is 2. The summed E-state index contributed by atoms with van der Waals surface area (Å²) in [6.07, 6.45) is 13.7. The SMILES string of the molecule is C=CC=CC=C(C)CN=C1Nc2cc3c(cc2NC12CCCCC2)OCCO3. The monoisotopic (exact) mass is 379 g/mol. The molecule has 5 nitrogen and oxygen atoms in total.